The summed E-state index contributed by atoms with van der Waals surface area (Å²) < 4.78 is 0. The van der Waals surface area contributed by atoms with Crippen LogP contribution in [0.4, 0.5) is 5.69 Å². The molecule has 3 fully saturated rings. The van der Waals surface area contributed by atoms with Gasteiger partial charge < -0.3 is 9.80 Å². The third kappa shape index (κ3) is 6.54. The van der Waals surface area contributed by atoms with Crippen LogP contribution in [-0.2, 0) is 33.9 Å². The molecule has 11 rings (SSSR count). The number of H-pyrrole nitrogens is 1. The van der Waals surface area contributed by atoms with Crippen molar-refractivity contribution < 1.29 is 24.0 Å². The Morgan fingerprint density at radius 2 is 1.44 bits per heavy atom. The van der Waals surface area contributed by atoms with E-state index in [0.29, 0.717) is 19.0 Å². The second-order valence-corrected chi connectivity index (χ2v) is 18.2. The Morgan fingerprint density at radius 3 is 2.13 bits per heavy atom. The van der Waals surface area contributed by atoms with Crippen LogP contribution in [0.25, 0.3) is 10.9 Å². The number of likely N-dealkylation sites (tertiary alicyclic amines) is 1. The zero-order valence-electron chi connectivity index (χ0n) is 34.2. The Labute approximate surface area is 354 Å². The highest BCUT2D eigenvalue weighted by Gasteiger charge is 2.46. The minimum atomic E-state index is -0.988. The molecule has 3 saturated heterocycles. The number of fused-ring (bicyclic) bond motifs is 5. The monoisotopic (exact) mass is 815 g/mol. The van der Waals surface area contributed by atoms with Gasteiger partial charge in [0.1, 0.15) is 6.04 Å². The van der Waals surface area contributed by atoms with E-state index in [4.69, 9.17) is 0 Å². The smallest absolute Gasteiger partial charge is 0.262 e. The SMILES string of the molecule is O=C1CCC(N2C(=O)c3cc4c(cc3C2=O)CN(CC(=O)N2CCC3(CC2)CCN(c2ccc([C@@H]5c6ccc7[nH]ncc7c6CC[C@@H]5c5ccccc5)cc2)CC3)C4)C(=O)N1. The van der Waals surface area contributed by atoms with Crippen LogP contribution in [-0.4, -0.2) is 93.2 Å². The lowest BCUT2D eigenvalue weighted by Gasteiger charge is -2.47. The number of imide groups is 2. The third-order valence-electron chi connectivity index (χ3n) is 15.0. The molecule has 6 aliphatic rings. The van der Waals surface area contributed by atoms with Gasteiger partial charge in [-0.2, -0.15) is 5.10 Å². The molecule has 5 aromatic rings. The molecule has 12 nitrogen and oxygen atoms in total. The quantitative estimate of drug-likeness (QED) is 0.198. The Kier molecular flexibility index (Phi) is 9.17. The molecular weight excluding hydrogens is 767 g/mol. The Morgan fingerprint density at radius 1 is 0.754 bits per heavy atom. The number of anilines is 1. The zero-order valence-corrected chi connectivity index (χ0v) is 34.2. The molecule has 1 aromatic heterocycles. The first-order valence-corrected chi connectivity index (χ1v) is 21.9. The normalized spacial score (nSPS) is 23.7. The lowest BCUT2D eigenvalue weighted by Crippen LogP contribution is -2.54. The van der Waals surface area contributed by atoms with Crippen molar-refractivity contribution in [3.05, 3.63) is 130 Å². The summed E-state index contributed by atoms with van der Waals surface area (Å²) in [5.41, 5.74) is 10.6. The van der Waals surface area contributed by atoms with Crippen LogP contribution in [0.5, 0.6) is 0 Å². The van der Waals surface area contributed by atoms with Gasteiger partial charge in [0.2, 0.25) is 17.7 Å². The minimum Gasteiger partial charge on any atom is -0.371 e. The largest absolute Gasteiger partial charge is 0.371 e. The van der Waals surface area contributed by atoms with Crippen molar-refractivity contribution in [1.82, 2.24) is 30.2 Å². The number of carbonyl (C=O) groups is 5. The van der Waals surface area contributed by atoms with Gasteiger partial charge in [-0.15, -0.1) is 0 Å². The van der Waals surface area contributed by atoms with E-state index in [-0.39, 0.29) is 47.8 Å². The molecule has 0 saturated carbocycles. The molecule has 4 aromatic carbocycles. The first kappa shape index (κ1) is 37.8. The van der Waals surface area contributed by atoms with Crippen molar-refractivity contribution >= 4 is 46.1 Å². The number of nitrogens with one attached hydrogen (secondary N) is 2. The molecule has 0 bridgehead atoms. The maximum absolute atomic E-state index is 13.6. The van der Waals surface area contributed by atoms with Crippen molar-refractivity contribution in [2.24, 2.45) is 5.41 Å². The van der Waals surface area contributed by atoms with Crippen LogP contribution in [0.3, 0.4) is 0 Å². The number of hydrogen-bond donors (Lipinski definition) is 2. The molecule has 3 atom stereocenters. The van der Waals surface area contributed by atoms with E-state index < -0.39 is 29.7 Å². The maximum Gasteiger partial charge on any atom is 0.262 e. The van der Waals surface area contributed by atoms with Crippen LogP contribution < -0.4 is 10.2 Å². The summed E-state index contributed by atoms with van der Waals surface area (Å²) >= 11 is 0. The molecular formula is C49H49N7O5. The predicted octanol–water partition coefficient (Wildman–Crippen LogP) is 6.05. The second-order valence-electron chi connectivity index (χ2n) is 18.2. The first-order chi connectivity index (χ1) is 29.7. The van der Waals surface area contributed by atoms with Gasteiger partial charge in [0.25, 0.3) is 11.8 Å². The van der Waals surface area contributed by atoms with Crippen molar-refractivity contribution in [3.8, 4) is 0 Å². The van der Waals surface area contributed by atoms with E-state index in [0.717, 1.165) is 86.2 Å². The summed E-state index contributed by atoms with van der Waals surface area (Å²) in [6.07, 6.45) is 8.60. The zero-order chi connectivity index (χ0) is 41.4. The number of rotatable bonds is 6. The van der Waals surface area contributed by atoms with Crippen LogP contribution in [0.15, 0.2) is 85.1 Å². The fourth-order valence-electron chi connectivity index (χ4n) is 11.5. The summed E-state index contributed by atoms with van der Waals surface area (Å²) in [6, 6.07) is 27.4. The topological polar surface area (TPSA) is 139 Å². The fourth-order valence-corrected chi connectivity index (χ4v) is 11.5. The average molecular weight is 816 g/mol. The summed E-state index contributed by atoms with van der Waals surface area (Å²) in [7, 11) is 0. The predicted molar refractivity (Wildman–Crippen MR) is 229 cm³/mol. The van der Waals surface area contributed by atoms with Gasteiger partial charge in [0.05, 0.1) is 29.4 Å². The van der Waals surface area contributed by atoms with E-state index >= 15 is 0 Å². The Balaban J connectivity index is 0.698. The molecule has 5 amide bonds. The standard InChI is InChI=1S/C49H49N7O5/c57-43-15-14-42(46(59)51-43)56-47(60)38-24-32-27-53(28-33(32)25-39(38)48(56)61)29-44(58)55-22-18-49(19-23-55)16-20-54(21-17-49)34-8-6-31(7-9-34)45-35(30-4-2-1-3-5-30)10-11-36-37(45)12-13-41-40(36)26-50-52-41/h1-9,12-13,24-26,35,42,45H,10-11,14-23,27-29H2,(H,50,52)(H,51,57,59)/t35-,42?,45+/m1/s1. The van der Waals surface area contributed by atoms with Gasteiger partial charge in [-0.25, -0.2) is 0 Å². The minimum absolute atomic E-state index is 0.0831. The number of piperidine rings is 3. The summed E-state index contributed by atoms with van der Waals surface area (Å²) in [6.45, 7) is 4.86. The number of carbonyl (C=O) groups excluding carboxylic acids is 5. The number of aromatic amines is 1. The molecule has 0 radical (unpaired) electrons. The Bertz CT molecular complexity index is 2560. The highest BCUT2D eigenvalue weighted by Crippen LogP contribution is 2.48. The van der Waals surface area contributed by atoms with Crippen molar-refractivity contribution in [1.29, 1.82) is 0 Å². The van der Waals surface area contributed by atoms with Crippen LogP contribution in [0, 0.1) is 5.41 Å². The van der Waals surface area contributed by atoms with Crippen LogP contribution in [0.2, 0.25) is 0 Å². The average Bonchev–Trinajstić information content (AvgIpc) is 3.99. The van der Waals surface area contributed by atoms with Crippen LogP contribution >= 0.6 is 0 Å². The van der Waals surface area contributed by atoms with Gasteiger partial charge in [-0.1, -0.05) is 48.5 Å². The van der Waals surface area contributed by atoms with Crippen molar-refractivity contribution in [2.45, 2.75) is 82.3 Å². The maximum atomic E-state index is 13.6. The fraction of sp³-hybridized carbons (Fsp3) is 0.388. The first-order valence-electron chi connectivity index (χ1n) is 21.9. The number of nitrogens with zero attached hydrogens (tertiary/aromatic N) is 5. The highest BCUT2D eigenvalue weighted by atomic mass is 16.2. The second kappa shape index (κ2) is 14.8. The van der Waals surface area contributed by atoms with E-state index in [2.05, 4.69) is 92.0 Å². The number of aryl methyl sites for hydroxylation is 1. The molecule has 12 heteroatoms. The van der Waals surface area contributed by atoms with Gasteiger partial charge in [0.15, 0.2) is 0 Å². The summed E-state index contributed by atoms with van der Waals surface area (Å²) in [4.78, 5) is 72.1. The molecule has 6 heterocycles. The van der Waals surface area contributed by atoms with Gasteiger partial charge in [-0.05, 0) is 120 Å². The number of benzene rings is 4. The Hall–Kier alpha value is -6.14. The molecule has 5 aliphatic heterocycles. The van der Waals surface area contributed by atoms with Crippen LogP contribution in [0.1, 0.15) is 111 Å². The van der Waals surface area contributed by atoms with Gasteiger partial charge >= 0.3 is 0 Å². The van der Waals surface area contributed by atoms with E-state index in [1.54, 1.807) is 12.1 Å². The lowest BCUT2D eigenvalue weighted by molar-refractivity contribution is -0.137. The van der Waals surface area contributed by atoms with E-state index in [1.165, 1.54) is 33.3 Å². The molecule has 61 heavy (non-hydrogen) atoms. The van der Waals surface area contributed by atoms with Crippen molar-refractivity contribution in [3.63, 3.8) is 0 Å². The number of aromatic nitrogens is 2. The lowest BCUT2D eigenvalue weighted by atomic mass is 9.68. The van der Waals surface area contributed by atoms with E-state index in [9.17, 15) is 24.0 Å². The van der Waals surface area contributed by atoms with E-state index in [1.807, 2.05) is 11.1 Å². The molecule has 2 N–H and O–H groups in total. The number of amides is 5. The molecule has 310 valence electrons. The molecule has 1 aliphatic carbocycles. The summed E-state index contributed by atoms with van der Waals surface area (Å²) in [5.74, 6) is -1.23. The molecule has 1 unspecified atom stereocenters. The van der Waals surface area contributed by atoms with Gasteiger partial charge in [-0.3, -0.25) is 44.2 Å². The van der Waals surface area contributed by atoms with Gasteiger partial charge in [0, 0.05) is 62.7 Å². The molecule has 1 spiro atoms. The third-order valence-corrected chi connectivity index (χ3v) is 15.0. The highest BCUT2D eigenvalue weighted by molar-refractivity contribution is 6.23. The summed E-state index contributed by atoms with van der Waals surface area (Å²) in [5, 5.41) is 11.0. The van der Waals surface area contributed by atoms with Crippen molar-refractivity contribution in [2.75, 3.05) is 37.6 Å². The number of hydrogen-bond acceptors (Lipinski definition) is 8.